The first-order valence-electron chi connectivity index (χ1n) is 8.12. The molecule has 2 N–H and O–H groups in total. The molecule has 1 aromatic carbocycles. The number of aryl methyl sites for hydroxylation is 1. The van der Waals surface area contributed by atoms with Crippen molar-refractivity contribution in [3.05, 3.63) is 35.6 Å². The topological polar surface area (TPSA) is 83.7 Å². The van der Waals surface area contributed by atoms with Crippen LogP contribution in [-0.2, 0) is 16.4 Å². The fraction of sp³-hybridized carbons (Fsp3) is 0.471. The van der Waals surface area contributed by atoms with Crippen molar-refractivity contribution in [1.29, 1.82) is 0 Å². The van der Waals surface area contributed by atoms with Gasteiger partial charge >= 0.3 is 0 Å². The molecule has 0 atom stereocenters. The molecule has 0 radical (unpaired) electrons. The number of nitrogens with one attached hydrogen (secondary N) is 2. The van der Waals surface area contributed by atoms with E-state index in [0.717, 1.165) is 35.1 Å². The summed E-state index contributed by atoms with van der Waals surface area (Å²) in [5.41, 5.74) is 1.96. The van der Waals surface area contributed by atoms with Crippen LogP contribution in [0, 0.1) is 6.92 Å². The third-order valence-corrected chi connectivity index (χ3v) is 4.95. The minimum absolute atomic E-state index is 0. The van der Waals surface area contributed by atoms with Gasteiger partial charge in [-0.2, -0.15) is 0 Å². The molecule has 8 heteroatoms. The first kappa shape index (κ1) is 20.0. The van der Waals surface area contributed by atoms with Gasteiger partial charge in [0, 0.05) is 29.8 Å². The van der Waals surface area contributed by atoms with Gasteiger partial charge in [-0.05, 0) is 25.8 Å². The number of nitrogens with zero attached hydrogens (tertiary/aromatic N) is 1. The number of furan rings is 1. The molecular weight excluding hydrogens is 453 g/mol. The van der Waals surface area contributed by atoms with Gasteiger partial charge in [-0.3, -0.25) is 0 Å². The van der Waals surface area contributed by atoms with E-state index in [2.05, 4.69) is 15.6 Å². The van der Waals surface area contributed by atoms with E-state index in [0.29, 0.717) is 25.1 Å². The average Bonchev–Trinajstić information content (AvgIpc) is 3.28. The van der Waals surface area contributed by atoms with Crippen molar-refractivity contribution in [1.82, 2.24) is 10.6 Å². The zero-order valence-corrected chi connectivity index (χ0v) is 17.6. The minimum Gasteiger partial charge on any atom is -0.459 e. The predicted octanol–water partition coefficient (Wildman–Crippen LogP) is 2.60. The molecule has 1 aliphatic carbocycles. The molecular formula is C17H24IN3O3S. The maximum absolute atomic E-state index is 11.3. The normalized spacial score (nSPS) is 15.0. The Kier molecular flexibility index (Phi) is 6.72. The van der Waals surface area contributed by atoms with E-state index in [1.165, 1.54) is 6.26 Å². The number of para-hydroxylation sites is 1. The van der Waals surface area contributed by atoms with Crippen LogP contribution in [0.2, 0.25) is 0 Å². The van der Waals surface area contributed by atoms with E-state index in [-0.39, 0.29) is 29.7 Å². The van der Waals surface area contributed by atoms with Crippen molar-refractivity contribution in [2.24, 2.45) is 4.99 Å². The second kappa shape index (κ2) is 8.39. The lowest BCUT2D eigenvalue weighted by atomic mass is 10.1. The largest absolute Gasteiger partial charge is 0.459 e. The summed E-state index contributed by atoms with van der Waals surface area (Å²) < 4.78 is 28.4. The Morgan fingerprint density at radius 1 is 1.32 bits per heavy atom. The number of hydrogen-bond donors (Lipinski definition) is 2. The molecule has 0 aliphatic heterocycles. The van der Waals surface area contributed by atoms with Crippen LogP contribution in [0.5, 0.6) is 0 Å². The second-order valence-electron chi connectivity index (χ2n) is 6.29. The third-order valence-electron chi connectivity index (χ3n) is 4.01. The molecule has 1 fully saturated rings. The number of sulfone groups is 1. The molecule has 0 bridgehead atoms. The highest BCUT2D eigenvalue weighted by Gasteiger charge is 2.22. The van der Waals surface area contributed by atoms with E-state index in [1.807, 2.05) is 31.2 Å². The lowest BCUT2D eigenvalue weighted by molar-refractivity contribution is 0.547. The molecule has 0 amide bonds. The Hall–Kier alpha value is -1.29. The van der Waals surface area contributed by atoms with Crippen molar-refractivity contribution in [2.45, 2.75) is 32.4 Å². The standard InChI is InChI=1S/C17H23N3O3S.HI/c1-12-14-5-3-4-6-15(14)23-16(12)11-19-17(20-13-7-8-13)18-9-10-24(2,21)22;/h3-6,13H,7-11H2,1-2H3,(H2,18,19,20);1H. The highest BCUT2D eigenvalue weighted by Crippen LogP contribution is 2.25. The van der Waals surface area contributed by atoms with Gasteiger partial charge in [-0.15, -0.1) is 24.0 Å². The van der Waals surface area contributed by atoms with Gasteiger partial charge in [0.2, 0.25) is 0 Å². The highest BCUT2D eigenvalue weighted by molar-refractivity contribution is 14.0. The Labute approximate surface area is 165 Å². The minimum atomic E-state index is -2.99. The van der Waals surface area contributed by atoms with Crippen LogP contribution in [-0.4, -0.2) is 39.0 Å². The highest BCUT2D eigenvalue weighted by atomic mass is 127. The van der Waals surface area contributed by atoms with Crippen LogP contribution >= 0.6 is 24.0 Å². The molecule has 25 heavy (non-hydrogen) atoms. The Morgan fingerprint density at radius 2 is 2.04 bits per heavy atom. The number of aliphatic imine (C=N–C) groups is 1. The van der Waals surface area contributed by atoms with Crippen LogP contribution in [0.3, 0.4) is 0 Å². The molecule has 0 unspecified atom stereocenters. The Bertz CT molecular complexity index is 857. The Morgan fingerprint density at radius 3 is 2.68 bits per heavy atom. The summed E-state index contributed by atoms with van der Waals surface area (Å²) in [5.74, 6) is 1.55. The van der Waals surface area contributed by atoms with Crippen LogP contribution in [0.4, 0.5) is 0 Å². The van der Waals surface area contributed by atoms with Gasteiger partial charge in [-0.25, -0.2) is 13.4 Å². The molecule has 0 saturated heterocycles. The lowest BCUT2D eigenvalue weighted by Gasteiger charge is -2.11. The van der Waals surface area contributed by atoms with Crippen LogP contribution in [0.25, 0.3) is 11.0 Å². The SMILES string of the molecule is Cc1c(CN=C(NCCS(C)(=O)=O)NC2CC2)oc2ccccc12.I. The van der Waals surface area contributed by atoms with Gasteiger partial charge in [-0.1, -0.05) is 18.2 Å². The summed E-state index contributed by atoms with van der Waals surface area (Å²) in [6.07, 6.45) is 3.48. The molecule has 1 heterocycles. The molecule has 2 aromatic rings. The van der Waals surface area contributed by atoms with Crippen LogP contribution in [0.1, 0.15) is 24.2 Å². The van der Waals surface area contributed by atoms with Crippen LogP contribution in [0.15, 0.2) is 33.7 Å². The summed E-state index contributed by atoms with van der Waals surface area (Å²) >= 11 is 0. The van der Waals surface area contributed by atoms with Crippen molar-refractivity contribution >= 4 is 50.7 Å². The van der Waals surface area contributed by atoms with Crippen molar-refractivity contribution in [3.8, 4) is 0 Å². The number of halogens is 1. The van der Waals surface area contributed by atoms with Gasteiger partial charge in [0.1, 0.15) is 27.7 Å². The second-order valence-corrected chi connectivity index (χ2v) is 8.55. The van der Waals surface area contributed by atoms with Gasteiger partial charge in [0.05, 0.1) is 5.75 Å². The van der Waals surface area contributed by atoms with Gasteiger partial charge < -0.3 is 15.1 Å². The number of fused-ring (bicyclic) bond motifs is 1. The number of benzene rings is 1. The number of rotatable bonds is 6. The van der Waals surface area contributed by atoms with Crippen molar-refractivity contribution in [3.63, 3.8) is 0 Å². The first-order valence-corrected chi connectivity index (χ1v) is 10.2. The molecule has 1 aromatic heterocycles. The summed E-state index contributed by atoms with van der Waals surface area (Å²) in [5, 5.41) is 7.49. The quantitative estimate of drug-likeness (QED) is 0.380. The average molecular weight is 477 g/mol. The fourth-order valence-corrected chi connectivity index (χ4v) is 2.93. The van der Waals surface area contributed by atoms with Gasteiger partial charge in [0.15, 0.2) is 5.96 Å². The lowest BCUT2D eigenvalue weighted by Crippen LogP contribution is -2.40. The van der Waals surface area contributed by atoms with E-state index >= 15 is 0 Å². The molecule has 3 rings (SSSR count). The predicted molar refractivity (Wildman–Crippen MR) is 111 cm³/mol. The van der Waals surface area contributed by atoms with E-state index in [9.17, 15) is 8.42 Å². The zero-order chi connectivity index (χ0) is 17.2. The number of guanidine groups is 1. The monoisotopic (exact) mass is 477 g/mol. The van der Waals surface area contributed by atoms with E-state index in [1.54, 1.807) is 0 Å². The summed E-state index contributed by atoms with van der Waals surface area (Å²) in [4.78, 5) is 4.56. The first-order chi connectivity index (χ1) is 11.4. The van der Waals surface area contributed by atoms with Crippen molar-refractivity contribution in [2.75, 3.05) is 18.6 Å². The molecule has 1 aliphatic rings. The summed E-state index contributed by atoms with van der Waals surface area (Å²) in [6.45, 7) is 2.79. The van der Waals surface area contributed by atoms with Gasteiger partial charge in [0.25, 0.3) is 0 Å². The summed E-state index contributed by atoms with van der Waals surface area (Å²) in [7, 11) is -2.99. The maximum atomic E-state index is 11.3. The fourth-order valence-electron chi connectivity index (χ4n) is 2.46. The zero-order valence-electron chi connectivity index (χ0n) is 14.4. The molecule has 1 saturated carbocycles. The van der Waals surface area contributed by atoms with E-state index < -0.39 is 9.84 Å². The third kappa shape index (κ3) is 5.88. The number of hydrogen-bond acceptors (Lipinski definition) is 4. The molecule has 138 valence electrons. The molecule has 0 spiro atoms. The van der Waals surface area contributed by atoms with Crippen molar-refractivity contribution < 1.29 is 12.8 Å². The molecule has 6 nitrogen and oxygen atoms in total. The smallest absolute Gasteiger partial charge is 0.191 e. The summed E-state index contributed by atoms with van der Waals surface area (Å²) in [6, 6.07) is 8.36. The van der Waals surface area contributed by atoms with E-state index in [4.69, 9.17) is 4.42 Å². The maximum Gasteiger partial charge on any atom is 0.191 e. The Balaban J connectivity index is 0.00000225. The van der Waals surface area contributed by atoms with Crippen LogP contribution < -0.4 is 10.6 Å².